The molecule has 0 aromatic heterocycles. The van der Waals surface area contributed by atoms with E-state index < -0.39 is 8.88 Å². The van der Waals surface area contributed by atoms with Gasteiger partial charge in [0, 0.05) is 34.0 Å². The summed E-state index contributed by atoms with van der Waals surface area (Å²) in [4.78, 5) is 0. The van der Waals surface area contributed by atoms with Gasteiger partial charge in [-0.05, 0) is 11.1 Å². The molecule has 1 heterocycles. The molecular formula is C17H22N2O2Si. The standard InChI is InChI=1S/C17H22N2O2Si/c1-20-22(21-2)18(13-16-9-5-3-6-10-16)15-19(22)14-17-11-7-4-8-12-17/h3-12H,13-15H2,1-2H3. The molecule has 4 nitrogen and oxygen atoms in total. The molecule has 1 fully saturated rings. The van der Waals surface area contributed by atoms with Gasteiger partial charge in [-0.15, -0.1) is 0 Å². The minimum Gasteiger partial charge on any atom is -0.374 e. The number of nitrogens with zero attached hydrogens (tertiary/aromatic N) is 2. The number of benzene rings is 2. The van der Waals surface area contributed by atoms with Crippen LogP contribution in [0.2, 0.25) is 0 Å². The largest absolute Gasteiger partial charge is 0.524 e. The number of hydrogen-bond acceptors (Lipinski definition) is 4. The first-order valence-corrected chi connectivity index (χ1v) is 9.18. The molecular weight excluding hydrogens is 292 g/mol. The van der Waals surface area contributed by atoms with Crippen LogP contribution in [0.5, 0.6) is 0 Å². The topological polar surface area (TPSA) is 24.9 Å². The van der Waals surface area contributed by atoms with Crippen LogP contribution in [0.1, 0.15) is 11.1 Å². The van der Waals surface area contributed by atoms with Crippen molar-refractivity contribution in [3.63, 3.8) is 0 Å². The van der Waals surface area contributed by atoms with Crippen LogP contribution in [-0.4, -0.2) is 38.9 Å². The lowest BCUT2D eigenvalue weighted by Gasteiger charge is -2.54. The average Bonchev–Trinajstić information content (AvgIpc) is 2.57. The molecule has 0 bridgehead atoms. The van der Waals surface area contributed by atoms with E-state index in [1.165, 1.54) is 11.1 Å². The highest BCUT2D eigenvalue weighted by Gasteiger charge is 2.59. The maximum absolute atomic E-state index is 5.86. The van der Waals surface area contributed by atoms with Crippen molar-refractivity contribution >= 4 is 8.88 Å². The molecule has 0 atom stereocenters. The molecule has 0 saturated carbocycles. The van der Waals surface area contributed by atoms with Crippen LogP contribution in [0.3, 0.4) is 0 Å². The maximum atomic E-state index is 5.86. The molecule has 0 amide bonds. The first kappa shape index (κ1) is 15.4. The van der Waals surface area contributed by atoms with Gasteiger partial charge in [-0.3, -0.25) is 0 Å². The minimum atomic E-state index is -2.45. The fraction of sp³-hybridized carbons (Fsp3) is 0.294. The van der Waals surface area contributed by atoms with Gasteiger partial charge >= 0.3 is 8.88 Å². The molecule has 1 aliphatic rings. The van der Waals surface area contributed by atoms with Gasteiger partial charge in [-0.2, -0.15) is 0 Å². The van der Waals surface area contributed by atoms with Crippen LogP contribution in [-0.2, 0) is 21.9 Å². The lowest BCUT2D eigenvalue weighted by atomic mass is 10.2. The molecule has 2 aromatic carbocycles. The molecule has 0 aliphatic carbocycles. The Morgan fingerprint density at radius 1 is 0.773 bits per heavy atom. The van der Waals surface area contributed by atoms with Crippen molar-refractivity contribution in [3.8, 4) is 0 Å². The van der Waals surface area contributed by atoms with Gasteiger partial charge in [0.25, 0.3) is 0 Å². The van der Waals surface area contributed by atoms with E-state index >= 15 is 0 Å². The zero-order valence-corrected chi connectivity index (χ0v) is 14.1. The van der Waals surface area contributed by atoms with Crippen LogP contribution >= 0.6 is 0 Å². The Kier molecular flexibility index (Phi) is 4.71. The summed E-state index contributed by atoms with van der Waals surface area (Å²) in [5.41, 5.74) is 2.57. The van der Waals surface area contributed by atoms with Crippen molar-refractivity contribution in [1.29, 1.82) is 0 Å². The quantitative estimate of drug-likeness (QED) is 0.766. The average molecular weight is 314 g/mol. The molecule has 116 valence electrons. The lowest BCUT2D eigenvalue weighted by Crippen LogP contribution is -2.80. The van der Waals surface area contributed by atoms with E-state index in [0.29, 0.717) is 0 Å². The Morgan fingerprint density at radius 3 is 1.55 bits per heavy atom. The maximum Gasteiger partial charge on any atom is 0.524 e. The van der Waals surface area contributed by atoms with Crippen molar-refractivity contribution in [2.24, 2.45) is 0 Å². The second-order valence-electron chi connectivity index (χ2n) is 5.47. The Balaban J connectivity index is 1.72. The third-order valence-electron chi connectivity index (χ3n) is 4.10. The van der Waals surface area contributed by atoms with Crippen molar-refractivity contribution in [2.45, 2.75) is 13.1 Å². The van der Waals surface area contributed by atoms with Crippen LogP contribution in [0, 0.1) is 0 Å². The number of hydrogen-bond donors (Lipinski definition) is 0. The van der Waals surface area contributed by atoms with Crippen LogP contribution in [0.15, 0.2) is 60.7 Å². The van der Waals surface area contributed by atoms with Crippen molar-refractivity contribution in [2.75, 3.05) is 20.9 Å². The van der Waals surface area contributed by atoms with E-state index in [1.54, 1.807) is 14.2 Å². The summed E-state index contributed by atoms with van der Waals surface area (Å²) < 4.78 is 16.4. The van der Waals surface area contributed by atoms with E-state index in [4.69, 9.17) is 8.85 Å². The Morgan fingerprint density at radius 2 is 1.18 bits per heavy atom. The molecule has 1 aliphatic heterocycles. The van der Waals surface area contributed by atoms with Gasteiger partial charge in [-0.1, -0.05) is 60.7 Å². The normalized spacial score (nSPS) is 18.1. The molecule has 0 unspecified atom stereocenters. The van der Waals surface area contributed by atoms with Gasteiger partial charge in [-0.25, -0.2) is 9.13 Å². The molecule has 0 spiro atoms. The molecule has 1 saturated heterocycles. The summed E-state index contributed by atoms with van der Waals surface area (Å²) in [6, 6.07) is 20.9. The Labute approximate surface area is 133 Å². The molecule has 0 N–H and O–H groups in total. The van der Waals surface area contributed by atoms with Crippen LogP contribution in [0.25, 0.3) is 0 Å². The van der Waals surface area contributed by atoms with Crippen LogP contribution in [0.4, 0.5) is 0 Å². The van der Waals surface area contributed by atoms with Gasteiger partial charge in [0.1, 0.15) is 0 Å². The van der Waals surface area contributed by atoms with Crippen molar-refractivity contribution < 1.29 is 8.85 Å². The van der Waals surface area contributed by atoms with E-state index in [-0.39, 0.29) is 0 Å². The van der Waals surface area contributed by atoms with E-state index in [2.05, 4.69) is 57.7 Å². The highest BCUT2D eigenvalue weighted by molar-refractivity contribution is 6.63. The van der Waals surface area contributed by atoms with Crippen LogP contribution < -0.4 is 0 Å². The Bertz CT molecular complexity index is 541. The van der Waals surface area contributed by atoms with Crippen molar-refractivity contribution in [1.82, 2.24) is 9.13 Å². The van der Waals surface area contributed by atoms with Gasteiger partial charge in [0.2, 0.25) is 0 Å². The second-order valence-corrected chi connectivity index (χ2v) is 8.64. The molecule has 22 heavy (non-hydrogen) atoms. The number of rotatable bonds is 6. The van der Waals surface area contributed by atoms with E-state index in [0.717, 1.165) is 19.8 Å². The zero-order valence-electron chi connectivity index (χ0n) is 13.1. The summed E-state index contributed by atoms with van der Waals surface area (Å²) in [6.07, 6.45) is 0. The highest BCUT2D eigenvalue weighted by Crippen LogP contribution is 2.31. The lowest BCUT2D eigenvalue weighted by molar-refractivity contribution is -0.00620. The molecule has 2 aromatic rings. The fourth-order valence-electron chi connectivity index (χ4n) is 3.01. The summed E-state index contributed by atoms with van der Waals surface area (Å²) in [7, 11) is 1.06. The van der Waals surface area contributed by atoms with E-state index in [1.807, 2.05) is 12.1 Å². The summed E-state index contributed by atoms with van der Waals surface area (Å²) >= 11 is 0. The predicted molar refractivity (Wildman–Crippen MR) is 88.6 cm³/mol. The smallest absolute Gasteiger partial charge is 0.374 e. The van der Waals surface area contributed by atoms with Gasteiger partial charge < -0.3 is 8.85 Å². The highest BCUT2D eigenvalue weighted by atomic mass is 28.4. The third-order valence-corrected chi connectivity index (χ3v) is 7.37. The molecule has 0 radical (unpaired) electrons. The first-order chi connectivity index (χ1) is 10.8. The fourth-order valence-corrected chi connectivity index (χ4v) is 5.85. The predicted octanol–water partition coefficient (Wildman–Crippen LogP) is 2.69. The SMILES string of the molecule is CO[Si]1(OC)N(Cc2ccccc2)CN1Cc1ccccc1. The monoisotopic (exact) mass is 314 g/mol. The summed E-state index contributed by atoms with van der Waals surface area (Å²) in [6.45, 7) is 2.59. The summed E-state index contributed by atoms with van der Waals surface area (Å²) in [5.74, 6) is 0. The Hall–Kier alpha value is -1.50. The summed E-state index contributed by atoms with van der Waals surface area (Å²) in [5, 5.41) is 0. The van der Waals surface area contributed by atoms with Crippen molar-refractivity contribution in [3.05, 3.63) is 71.8 Å². The minimum absolute atomic E-state index is 0.861. The second kappa shape index (κ2) is 6.72. The van der Waals surface area contributed by atoms with Gasteiger partial charge in [0.05, 0.1) is 0 Å². The van der Waals surface area contributed by atoms with E-state index in [9.17, 15) is 0 Å². The van der Waals surface area contributed by atoms with Gasteiger partial charge in [0.15, 0.2) is 0 Å². The molecule has 5 heteroatoms. The zero-order chi connectivity index (χ0) is 15.4. The molecule has 3 rings (SSSR count). The third kappa shape index (κ3) is 2.86. The first-order valence-electron chi connectivity index (χ1n) is 7.47.